The molecule has 3 rings (SSSR count). The number of benzene rings is 1. The fraction of sp³-hybridized carbons (Fsp3) is 0.650. The van der Waals surface area contributed by atoms with Gasteiger partial charge in [-0.05, 0) is 44.4 Å². The van der Waals surface area contributed by atoms with E-state index in [4.69, 9.17) is 0 Å². The van der Waals surface area contributed by atoms with E-state index in [0.717, 1.165) is 26.2 Å². The molecule has 0 unspecified atom stereocenters. The third kappa shape index (κ3) is 4.63. The largest absolute Gasteiger partial charge is 0.369 e. The molecule has 6 nitrogen and oxygen atoms in total. The van der Waals surface area contributed by atoms with Crippen molar-refractivity contribution in [3.05, 3.63) is 29.3 Å². The Morgan fingerprint density at radius 2 is 1.89 bits per heavy atom. The molecule has 0 aromatic heterocycles. The highest BCUT2D eigenvalue weighted by Gasteiger charge is 2.34. The molecule has 2 aliphatic heterocycles. The van der Waals surface area contributed by atoms with Crippen molar-refractivity contribution in [3.8, 4) is 0 Å². The number of sulfone groups is 1. The Hall–Kier alpha value is -1.60. The molecule has 2 heterocycles. The van der Waals surface area contributed by atoms with Gasteiger partial charge in [0.2, 0.25) is 5.91 Å². The van der Waals surface area contributed by atoms with Gasteiger partial charge in [0.15, 0.2) is 9.84 Å². The Kier molecular flexibility index (Phi) is 6.11. The zero-order valence-corrected chi connectivity index (χ0v) is 17.5. The van der Waals surface area contributed by atoms with Gasteiger partial charge in [0.25, 0.3) is 0 Å². The number of nitrogens with zero attached hydrogens (tertiary/aromatic N) is 3. The summed E-state index contributed by atoms with van der Waals surface area (Å²) in [6.07, 6.45) is 0.572. The first-order valence-electron chi connectivity index (χ1n) is 9.84. The SMILES string of the molecule is CCN(C(=O)CN1CCN(c2cccc(C)c2C)CC1)[C@@H]1CCS(=O)(=O)C1. The number of carbonyl (C=O) groups is 1. The third-order valence-corrected chi connectivity index (χ3v) is 7.71. The molecule has 1 atom stereocenters. The second-order valence-electron chi connectivity index (χ2n) is 7.72. The van der Waals surface area contributed by atoms with Crippen molar-refractivity contribution in [1.82, 2.24) is 9.80 Å². The van der Waals surface area contributed by atoms with Gasteiger partial charge in [-0.25, -0.2) is 8.42 Å². The second kappa shape index (κ2) is 8.19. The zero-order chi connectivity index (χ0) is 19.6. The number of likely N-dealkylation sites (N-methyl/N-ethyl adjacent to an activating group) is 1. The predicted molar refractivity (Wildman–Crippen MR) is 109 cm³/mol. The van der Waals surface area contributed by atoms with Gasteiger partial charge in [-0.1, -0.05) is 12.1 Å². The van der Waals surface area contributed by atoms with Crippen LogP contribution in [0.3, 0.4) is 0 Å². The van der Waals surface area contributed by atoms with E-state index in [1.807, 2.05) is 6.92 Å². The molecule has 0 N–H and O–H groups in total. The Morgan fingerprint density at radius 3 is 2.48 bits per heavy atom. The lowest BCUT2D eigenvalue weighted by Crippen LogP contribution is -2.52. The van der Waals surface area contributed by atoms with Crippen LogP contribution in [-0.2, 0) is 14.6 Å². The topological polar surface area (TPSA) is 60.9 Å². The minimum Gasteiger partial charge on any atom is -0.369 e. The summed E-state index contributed by atoms with van der Waals surface area (Å²) in [6, 6.07) is 6.25. The summed E-state index contributed by atoms with van der Waals surface area (Å²) in [5.41, 5.74) is 3.91. The first-order valence-corrected chi connectivity index (χ1v) is 11.7. The van der Waals surface area contributed by atoms with E-state index in [-0.39, 0.29) is 23.5 Å². The zero-order valence-electron chi connectivity index (χ0n) is 16.6. The van der Waals surface area contributed by atoms with Crippen molar-refractivity contribution in [2.75, 3.05) is 55.7 Å². The summed E-state index contributed by atoms with van der Waals surface area (Å²) in [7, 11) is -2.98. The van der Waals surface area contributed by atoms with E-state index in [9.17, 15) is 13.2 Å². The van der Waals surface area contributed by atoms with Crippen LogP contribution in [0.25, 0.3) is 0 Å². The van der Waals surface area contributed by atoms with E-state index >= 15 is 0 Å². The summed E-state index contributed by atoms with van der Waals surface area (Å²) in [6.45, 7) is 10.7. The van der Waals surface area contributed by atoms with Gasteiger partial charge in [-0.15, -0.1) is 0 Å². The fourth-order valence-corrected chi connectivity index (χ4v) is 5.90. The van der Waals surface area contributed by atoms with Crippen molar-refractivity contribution in [3.63, 3.8) is 0 Å². The quantitative estimate of drug-likeness (QED) is 0.758. The molecule has 0 bridgehead atoms. The molecule has 1 aromatic rings. The van der Waals surface area contributed by atoms with Gasteiger partial charge in [-0.2, -0.15) is 0 Å². The maximum atomic E-state index is 12.8. The van der Waals surface area contributed by atoms with Crippen molar-refractivity contribution in [1.29, 1.82) is 0 Å². The highest BCUT2D eigenvalue weighted by molar-refractivity contribution is 7.91. The summed E-state index contributed by atoms with van der Waals surface area (Å²) < 4.78 is 23.5. The molecule has 0 spiro atoms. The standard InChI is InChI=1S/C20H31N3O3S/c1-4-23(18-8-13-27(25,26)15-18)20(24)14-21-9-11-22(12-10-21)19-7-5-6-16(2)17(19)3/h5-7,18H,4,8-15H2,1-3H3/t18-/m1/s1. The van der Waals surface area contributed by atoms with E-state index < -0.39 is 9.84 Å². The second-order valence-corrected chi connectivity index (χ2v) is 9.95. The summed E-state index contributed by atoms with van der Waals surface area (Å²) in [5.74, 6) is 0.378. The number of anilines is 1. The molecule has 1 aromatic carbocycles. The highest BCUT2D eigenvalue weighted by atomic mass is 32.2. The van der Waals surface area contributed by atoms with Crippen LogP contribution in [0.4, 0.5) is 5.69 Å². The van der Waals surface area contributed by atoms with Crippen molar-refractivity contribution >= 4 is 21.4 Å². The Balaban J connectivity index is 1.55. The van der Waals surface area contributed by atoms with Gasteiger partial charge >= 0.3 is 0 Å². The smallest absolute Gasteiger partial charge is 0.237 e. The Labute approximate surface area is 163 Å². The summed E-state index contributed by atoms with van der Waals surface area (Å²) >= 11 is 0. The monoisotopic (exact) mass is 393 g/mol. The van der Waals surface area contributed by atoms with Crippen LogP contribution in [0.1, 0.15) is 24.5 Å². The minimum atomic E-state index is -2.98. The van der Waals surface area contributed by atoms with E-state index in [0.29, 0.717) is 19.5 Å². The molecule has 7 heteroatoms. The lowest BCUT2D eigenvalue weighted by molar-refractivity contribution is -0.134. The number of amides is 1. The Bertz CT molecular complexity index is 786. The van der Waals surface area contributed by atoms with Crippen LogP contribution in [0.2, 0.25) is 0 Å². The van der Waals surface area contributed by atoms with Crippen molar-refractivity contribution < 1.29 is 13.2 Å². The molecule has 2 saturated heterocycles. The highest BCUT2D eigenvalue weighted by Crippen LogP contribution is 2.24. The van der Waals surface area contributed by atoms with Crippen LogP contribution < -0.4 is 4.90 Å². The fourth-order valence-electron chi connectivity index (χ4n) is 4.17. The molecule has 150 valence electrons. The van der Waals surface area contributed by atoms with Crippen LogP contribution in [0.15, 0.2) is 18.2 Å². The van der Waals surface area contributed by atoms with E-state index in [2.05, 4.69) is 41.8 Å². The van der Waals surface area contributed by atoms with Gasteiger partial charge in [-0.3, -0.25) is 9.69 Å². The number of hydrogen-bond donors (Lipinski definition) is 0. The summed E-state index contributed by atoms with van der Waals surface area (Å²) in [5, 5.41) is 0. The number of carbonyl (C=O) groups excluding carboxylic acids is 1. The van der Waals surface area contributed by atoms with Gasteiger partial charge in [0.05, 0.1) is 18.1 Å². The van der Waals surface area contributed by atoms with Crippen LogP contribution in [-0.4, -0.2) is 80.9 Å². The first-order chi connectivity index (χ1) is 12.8. The van der Waals surface area contributed by atoms with Crippen LogP contribution in [0.5, 0.6) is 0 Å². The van der Waals surface area contributed by atoms with E-state index in [1.54, 1.807) is 4.90 Å². The average Bonchev–Trinajstić information content (AvgIpc) is 2.98. The molecule has 2 fully saturated rings. The first kappa shape index (κ1) is 20.1. The molecule has 0 aliphatic carbocycles. The Morgan fingerprint density at radius 1 is 1.19 bits per heavy atom. The molecule has 0 saturated carbocycles. The third-order valence-electron chi connectivity index (χ3n) is 5.96. The molecule has 0 radical (unpaired) electrons. The minimum absolute atomic E-state index is 0.0554. The number of hydrogen-bond acceptors (Lipinski definition) is 5. The molecule has 1 amide bonds. The molecule has 2 aliphatic rings. The number of piperazine rings is 1. The number of aryl methyl sites for hydroxylation is 1. The number of rotatable bonds is 5. The maximum absolute atomic E-state index is 12.8. The molecule has 27 heavy (non-hydrogen) atoms. The van der Waals surface area contributed by atoms with Crippen LogP contribution >= 0.6 is 0 Å². The van der Waals surface area contributed by atoms with Crippen molar-refractivity contribution in [2.45, 2.75) is 33.2 Å². The lowest BCUT2D eigenvalue weighted by Gasteiger charge is -2.38. The summed E-state index contributed by atoms with van der Waals surface area (Å²) in [4.78, 5) is 19.1. The lowest BCUT2D eigenvalue weighted by atomic mass is 10.1. The van der Waals surface area contributed by atoms with Crippen molar-refractivity contribution in [2.24, 2.45) is 0 Å². The predicted octanol–water partition coefficient (Wildman–Crippen LogP) is 1.46. The van der Waals surface area contributed by atoms with E-state index in [1.165, 1.54) is 16.8 Å². The van der Waals surface area contributed by atoms with Crippen LogP contribution in [0, 0.1) is 13.8 Å². The van der Waals surface area contributed by atoms with Gasteiger partial charge in [0.1, 0.15) is 0 Å². The maximum Gasteiger partial charge on any atom is 0.237 e. The average molecular weight is 394 g/mol. The molecular formula is C20H31N3O3S. The molecular weight excluding hydrogens is 362 g/mol. The van der Waals surface area contributed by atoms with Gasteiger partial charge in [0, 0.05) is 44.5 Å². The normalized spacial score (nSPS) is 22.8. The van der Waals surface area contributed by atoms with Gasteiger partial charge < -0.3 is 9.80 Å².